The van der Waals surface area contributed by atoms with Crippen LogP contribution < -0.4 is 4.74 Å². The Hall–Kier alpha value is -1.06. The lowest BCUT2D eigenvalue weighted by atomic mass is 10.2. The topological polar surface area (TPSA) is 9.23 Å². The number of halogens is 2. The third-order valence-corrected chi connectivity index (χ3v) is 4.35. The van der Waals surface area contributed by atoms with Gasteiger partial charge >= 0.3 is 0 Å². The SMILES string of the molecule is C/C(Br)=C(/Br)c1ccccc1Oc1ccccc1. The van der Waals surface area contributed by atoms with Crippen molar-refractivity contribution in [3.63, 3.8) is 0 Å². The average Bonchev–Trinajstić information content (AvgIpc) is 2.39. The Morgan fingerprint density at radius 2 is 1.50 bits per heavy atom. The second kappa shape index (κ2) is 6.21. The van der Waals surface area contributed by atoms with Crippen molar-refractivity contribution in [2.75, 3.05) is 0 Å². The number of allylic oxidation sites excluding steroid dienone is 1. The quantitative estimate of drug-likeness (QED) is 0.650. The molecule has 0 amide bonds. The molecule has 0 aromatic heterocycles. The van der Waals surface area contributed by atoms with Crippen LogP contribution in [0.3, 0.4) is 0 Å². The maximum Gasteiger partial charge on any atom is 0.135 e. The summed E-state index contributed by atoms with van der Waals surface area (Å²) in [7, 11) is 0. The van der Waals surface area contributed by atoms with E-state index in [1.807, 2.05) is 61.5 Å². The van der Waals surface area contributed by atoms with Gasteiger partial charge in [0.2, 0.25) is 0 Å². The average molecular weight is 368 g/mol. The van der Waals surface area contributed by atoms with Gasteiger partial charge in [0.15, 0.2) is 0 Å². The summed E-state index contributed by atoms with van der Waals surface area (Å²) >= 11 is 7.04. The van der Waals surface area contributed by atoms with Crippen molar-refractivity contribution in [2.24, 2.45) is 0 Å². The van der Waals surface area contributed by atoms with E-state index >= 15 is 0 Å². The molecular formula is C15H12Br2O. The number of benzene rings is 2. The zero-order valence-electron chi connectivity index (χ0n) is 9.86. The molecule has 0 aliphatic carbocycles. The molecule has 3 heteroatoms. The number of rotatable bonds is 3. The molecule has 0 aliphatic heterocycles. The predicted molar refractivity (Wildman–Crippen MR) is 83.4 cm³/mol. The van der Waals surface area contributed by atoms with Gasteiger partial charge in [-0.05, 0) is 41.1 Å². The molecule has 0 radical (unpaired) electrons. The van der Waals surface area contributed by atoms with Crippen LogP contribution in [0.1, 0.15) is 12.5 Å². The van der Waals surface area contributed by atoms with Gasteiger partial charge in [0, 0.05) is 14.5 Å². The van der Waals surface area contributed by atoms with E-state index in [-0.39, 0.29) is 0 Å². The van der Waals surface area contributed by atoms with Gasteiger partial charge in [0.1, 0.15) is 11.5 Å². The van der Waals surface area contributed by atoms with Crippen LogP contribution in [0.4, 0.5) is 0 Å². The Balaban J connectivity index is 2.38. The number of para-hydroxylation sites is 2. The second-order valence-electron chi connectivity index (χ2n) is 3.76. The van der Waals surface area contributed by atoms with Crippen molar-refractivity contribution < 1.29 is 4.74 Å². The summed E-state index contributed by atoms with van der Waals surface area (Å²) in [6.45, 7) is 1.99. The van der Waals surface area contributed by atoms with Crippen LogP contribution in [0.15, 0.2) is 59.1 Å². The highest BCUT2D eigenvalue weighted by Crippen LogP contribution is 2.36. The Morgan fingerprint density at radius 3 is 2.17 bits per heavy atom. The van der Waals surface area contributed by atoms with Gasteiger partial charge in [-0.25, -0.2) is 0 Å². The zero-order valence-corrected chi connectivity index (χ0v) is 13.0. The van der Waals surface area contributed by atoms with Crippen LogP contribution in [0.25, 0.3) is 4.48 Å². The van der Waals surface area contributed by atoms with Gasteiger partial charge in [-0.1, -0.05) is 52.3 Å². The first-order chi connectivity index (χ1) is 8.68. The van der Waals surface area contributed by atoms with Crippen LogP contribution in [0.2, 0.25) is 0 Å². The molecule has 2 aromatic carbocycles. The van der Waals surface area contributed by atoms with Gasteiger partial charge < -0.3 is 4.74 Å². The smallest absolute Gasteiger partial charge is 0.135 e. The van der Waals surface area contributed by atoms with E-state index in [1.54, 1.807) is 0 Å². The second-order valence-corrected chi connectivity index (χ2v) is 5.74. The van der Waals surface area contributed by atoms with Crippen molar-refractivity contribution in [1.82, 2.24) is 0 Å². The fraction of sp³-hybridized carbons (Fsp3) is 0.0667. The number of hydrogen-bond donors (Lipinski definition) is 0. The Morgan fingerprint density at radius 1 is 0.889 bits per heavy atom. The third kappa shape index (κ3) is 3.24. The number of ether oxygens (including phenoxy) is 1. The van der Waals surface area contributed by atoms with Gasteiger partial charge in [0.25, 0.3) is 0 Å². The summed E-state index contributed by atoms with van der Waals surface area (Å²) in [6.07, 6.45) is 0. The van der Waals surface area contributed by atoms with E-state index in [1.165, 1.54) is 0 Å². The lowest BCUT2D eigenvalue weighted by Crippen LogP contribution is -1.89. The van der Waals surface area contributed by atoms with Crippen molar-refractivity contribution >= 4 is 36.3 Å². The predicted octanol–water partition coefficient (Wildman–Crippen LogP) is 5.96. The summed E-state index contributed by atoms with van der Waals surface area (Å²) in [5, 5.41) is 0. The van der Waals surface area contributed by atoms with Gasteiger partial charge in [0.05, 0.1) is 0 Å². The summed E-state index contributed by atoms with van der Waals surface area (Å²) < 4.78 is 7.92. The van der Waals surface area contributed by atoms with Crippen LogP contribution >= 0.6 is 31.9 Å². The molecule has 92 valence electrons. The minimum Gasteiger partial charge on any atom is -0.457 e. The molecule has 0 unspecified atom stereocenters. The Labute approximate surface area is 124 Å². The standard InChI is InChI=1S/C15H12Br2O/c1-11(16)15(17)13-9-5-6-10-14(13)18-12-7-3-2-4-8-12/h2-10H,1H3/b15-11-. The van der Waals surface area contributed by atoms with E-state index in [9.17, 15) is 0 Å². The van der Waals surface area contributed by atoms with E-state index < -0.39 is 0 Å². The molecule has 18 heavy (non-hydrogen) atoms. The molecule has 1 nitrogen and oxygen atoms in total. The summed E-state index contributed by atoms with van der Waals surface area (Å²) in [6, 6.07) is 17.7. The third-order valence-electron chi connectivity index (χ3n) is 2.40. The number of hydrogen-bond acceptors (Lipinski definition) is 1. The largest absolute Gasteiger partial charge is 0.457 e. The molecule has 2 aromatic rings. The summed E-state index contributed by atoms with van der Waals surface area (Å²) in [5.74, 6) is 1.66. The Bertz CT molecular complexity index is 558. The monoisotopic (exact) mass is 366 g/mol. The fourth-order valence-corrected chi connectivity index (χ4v) is 2.08. The van der Waals surface area contributed by atoms with E-state index in [2.05, 4.69) is 31.9 Å². The summed E-state index contributed by atoms with van der Waals surface area (Å²) in [5.41, 5.74) is 1.02. The lowest BCUT2D eigenvalue weighted by molar-refractivity contribution is 0.481. The molecular weight excluding hydrogens is 356 g/mol. The molecule has 0 atom stereocenters. The molecule has 0 fully saturated rings. The molecule has 2 rings (SSSR count). The molecule has 0 spiro atoms. The molecule has 0 N–H and O–H groups in total. The first-order valence-corrected chi connectivity index (χ1v) is 7.11. The van der Waals surface area contributed by atoms with Crippen LogP contribution in [-0.4, -0.2) is 0 Å². The molecule has 0 bridgehead atoms. The van der Waals surface area contributed by atoms with E-state index in [0.29, 0.717) is 0 Å². The fourth-order valence-electron chi connectivity index (χ4n) is 1.54. The Kier molecular flexibility index (Phi) is 4.61. The van der Waals surface area contributed by atoms with Gasteiger partial charge in [-0.15, -0.1) is 0 Å². The van der Waals surface area contributed by atoms with Crippen LogP contribution in [0, 0.1) is 0 Å². The van der Waals surface area contributed by atoms with Crippen molar-refractivity contribution in [3.05, 3.63) is 64.6 Å². The maximum absolute atomic E-state index is 5.90. The molecule has 0 saturated heterocycles. The van der Waals surface area contributed by atoms with Crippen molar-refractivity contribution in [3.8, 4) is 11.5 Å². The minimum atomic E-state index is 0.828. The van der Waals surface area contributed by atoms with E-state index in [0.717, 1.165) is 26.0 Å². The first kappa shape index (κ1) is 13.4. The highest BCUT2D eigenvalue weighted by Gasteiger charge is 2.08. The highest BCUT2D eigenvalue weighted by molar-refractivity contribution is 9.16. The van der Waals surface area contributed by atoms with Crippen LogP contribution in [-0.2, 0) is 0 Å². The van der Waals surface area contributed by atoms with Crippen LogP contribution in [0.5, 0.6) is 11.5 Å². The van der Waals surface area contributed by atoms with Gasteiger partial charge in [-0.3, -0.25) is 0 Å². The van der Waals surface area contributed by atoms with Crippen molar-refractivity contribution in [2.45, 2.75) is 6.92 Å². The zero-order chi connectivity index (χ0) is 13.0. The molecule has 0 heterocycles. The maximum atomic E-state index is 5.90. The molecule has 0 aliphatic rings. The summed E-state index contributed by atoms with van der Waals surface area (Å²) in [4.78, 5) is 0. The van der Waals surface area contributed by atoms with E-state index in [4.69, 9.17) is 4.74 Å². The molecule has 0 saturated carbocycles. The minimum absolute atomic E-state index is 0.828. The normalized spacial score (nSPS) is 11.9. The lowest BCUT2D eigenvalue weighted by Gasteiger charge is -2.11. The first-order valence-electron chi connectivity index (χ1n) is 5.52. The highest BCUT2D eigenvalue weighted by atomic mass is 79.9. The van der Waals surface area contributed by atoms with Gasteiger partial charge in [-0.2, -0.15) is 0 Å². The van der Waals surface area contributed by atoms with Crippen molar-refractivity contribution in [1.29, 1.82) is 0 Å².